The molecule has 0 aliphatic heterocycles. The van der Waals surface area contributed by atoms with Gasteiger partial charge in [-0.15, -0.1) is 24.0 Å². The van der Waals surface area contributed by atoms with Crippen LogP contribution in [0, 0.1) is 0 Å². The molecule has 0 aliphatic rings. The van der Waals surface area contributed by atoms with Gasteiger partial charge in [0.05, 0.1) is 13.7 Å². The van der Waals surface area contributed by atoms with Gasteiger partial charge in [0, 0.05) is 32.2 Å². The van der Waals surface area contributed by atoms with E-state index in [-0.39, 0.29) is 36.4 Å². The molecule has 0 bridgehead atoms. The van der Waals surface area contributed by atoms with Crippen molar-refractivity contribution < 1.29 is 9.53 Å². The van der Waals surface area contributed by atoms with Gasteiger partial charge in [-0.2, -0.15) is 0 Å². The maximum Gasteiger partial charge on any atom is 0.239 e. The predicted octanol–water partition coefficient (Wildman–Crippen LogP) is 3.29. The van der Waals surface area contributed by atoms with Crippen LogP contribution < -0.4 is 15.4 Å². The molecule has 2 rings (SSSR count). The van der Waals surface area contributed by atoms with Crippen molar-refractivity contribution in [3.05, 3.63) is 64.7 Å². The number of methoxy groups -OCH3 is 1. The fraction of sp³-hybridized carbons (Fsp3) is 0.300. The Morgan fingerprint density at radius 2 is 1.86 bits per heavy atom. The van der Waals surface area contributed by atoms with E-state index in [4.69, 9.17) is 16.3 Å². The predicted molar refractivity (Wildman–Crippen MR) is 125 cm³/mol. The fourth-order valence-corrected chi connectivity index (χ4v) is 2.75. The summed E-state index contributed by atoms with van der Waals surface area (Å²) in [7, 11) is 5.22. The largest absolute Gasteiger partial charge is 0.497 e. The molecule has 0 fully saturated rings. The number of hydrogen-bond acceptors (Lipinski definition) is 3. The smallest absolute Gasteiger partial charge is 0.239 e. The Labute approximate surface area is 188 Å². The first-order valence-electron chi connectivity index (χ1n) is 8.57. The van der Waals surface area contributed by atoms with Crippen LogP contribution in [0.1, 0.15) is 11.1 Å². The molecule has 8 heteroatoms. The van der Waals surface area contributed by atoms with Crippen molar-refractivity contribution >= 4 is 47.4 Å². The van der Waals surface area contributed by atoms with E-state index < -0.39 is 0 Å². The van der Waals surface area contributed by atoms with Crippen LogP contribution >= 0.6 is 35.6 Å². The summed E-state index contributed by atoms with van der Waals surface area (Å²) >= 11 is 6.02. The van der Waals surface area contributed by atoms with Crippen LogP contribution in [-0.2, 0) is 17.9 Å². The zero-order valence-electron chi connectivity index (χ0n) is 16.2. The van der Waals surface area contributed by atoms with E-state index in [0.29, 0.717) is 24.1 Å². The Bertz CT molecular complexity index is 784. The Hall–Kier alpha value is -2.00. The van der Waals surface area contributed by atoms with Crippen LogP contribution in [-0.4, -0.2) is 44.5 Å². The number of aliphatic imine (C=N–C) groups is 1. The fourth-order valence-electron chi connectivity index (χ4n) is 2.53. The minimum Gasteiger partial charge on any atom is -0.497 e. The summed E-state index contributed by atoms with van der Waals surface area (Å²) in [5.41, 5.74) is 2.07. The highest BCUT2D eigenvalue weighted by atomic mass is 127. The number of rotatable bonds is 7. The van der Waals surface area contributed by atoms with Crippen LogP contribution in [0.2, 0.25) is 5.02 Å². The highest BCUT2D eigenvalue weighted by Crippen LogP contribution is 2.12. The van der Waals surface area contributed by atoms with Crippen LogP contribution in [0.5, 0.6) is 5.75 Å². The number of nitrogens with zero attached hydrogens (tertiary/aromatic N) is 2. The summed E-state index contributed by atoms with van der Waals surface area (Å²) in [6.07, 6.45) is 0. The van der Waals surface area contributed by atoms with Gasteiger partial charge in [0.2, 0.25) is 5.91 Å². The monoisotopic (exact) mass is 516 g/mol. The molecule has 0 unspecified atom stereocenters. The molecule has 28 heavy (non-hydrogen) atoms. The summed E-state index contributed by atoms with van der Waals surface area (Å²) in [6.45, 7) is 1.23. The Morgan fingerprint density at radius 3 is 2.46 bits per heavy atom. The van der Waals surface area contributed by atoms with E-state index in [9.17, 15) is 4.79 Å². The Morgan fingerprint density at radius 1 is 1.14 bits per heavy atom. The number of hydrogen-bond donors (Lipinski definition) is 2. The SMILES string of the molecule is CN=C(NCC(=O)NCc1ccc(OC)cc1)N(C)Cc1cccc(Cl)c1.I. The molecule has 0 aliphatic carbocycles. The zero-order valence-corrected chi connectivity index (χ0v) is 19.3. The summed E-state index contributed by atoms with van der Waals surface area (Å²) < 4.78 is 5.12. The molecule has 152 valence electrons. The van der Waals surface area contributed by atoms with Crippen LogP contribution in [0.3, 0.4) is 0 Å². The number of ether oxygens (including phenoxy) is 1. The number of guanidine groups is 1. The highest BCUT2D eigenvalue weighted by Gasteiger charge is 2.09. The second-order valence-corrected chi connectivity index (χ2v) is 6.45. The second kappa shape index (κ2) is 12.5. The van der Waals surface area contributed by atoms with Gasteiger partial charge < -0.3 is 20.3 Å². The molecular formula is C20H26ClIN4O2. The first-order valence-corrected chi connectivity index (χ1v) is 8.95. The first kappa shape index (κ1) is 24.0. The molecule has 6 nitrogen and oxygen atoms in total. The van der Waals surface area contributed by atoms with E-state index in [0.717, 1.165) is 16.9 Å². The van der Waals surface area contributed by atoms with Crippen molar-refractivity contribution in [1.29, 1.82) is 0 Å². The average Bonchev–Trinajstić information content (AvgIpc) is 2.67. The van der Waals surface area contributed by atoms with Gasteiger partial charge in [0.25, 0.3) is 0 Å². The van der Waals surface area contributed by atoms with Crippen LogP contribution in [0.15, 0.2) is 53.5 Å². The molecule has 1 amide bonds. The van der Waals surface area contributed by atoms with E-state index in [1.54, 1.807) is 14.2 Å². The summed E-state index contributed by atoms with van der Waals surface area (Å²) in [5, 5.41) is 6.64. The third-order valence-corrected chi connectivity index (χ3v) is 4.17. The van der Waals surface area contributed by atoms with Gasteiger partial charge in [-0.1, -0.05) is 35.9 Å². The van der Waals surface area contributed by atoms with Crippen molar-refractivity contribution in [2.45, 2.75) is 13.1 Å². The topological polar surface area (TPSA) is 66.0 Å². The lowest BCUT2D eigenvalue weighted by molar-refractivity contribution is -0.120. The quantitative estimate of drug-likeness (QED) is 0.337. The van der Waals surface area contributed by atoms with Crippen molar-refractivity contribution in [2.24, 2.45) is 4.99 Å². The molecule has 0 spiro atoms. The first-order chi connectivity index (χ1) is 13.0. The van der Waals surface area contributed by atoms with Gasteiger partial charge >= 0.3 is 0 Å². The maximum absolute atomic E-state index is 12.1. The Balaban J connectivity index is 0.00000392. The van der Waals surface area contributed by atoms with E-state index >= 15 is 0 Å². The highest BCUT2D eigenvalue weighted by molar-refractivity contribution is 14.0. The molecule has 2 aromatic rings. The summed E-state index contributed by atoms with van der Waals surface area (Å²) in [5.74, 6) is 1.32. The summed E-state index contributed by atoms with van der Waals surface area (Å²) in [4.78, 5) is 18.2. The molecule has 0 atom stereocenters. The Kier molecular flexibility index (Phi) is 10.7. The van der Waals surface area contributed by atoms with E-state index in [1.807, 2.05) is 60.5 Å². The van der Waals surface area contributed by atoms with Gasteiger partial charge in [0.1, 0.15) is 5.75 Å². The summed E-state index contributed by atoms with van der Waals surface area (Å²) in [6, 6.07) is 15.2. The van der Waals surface area contributed by atoms with Crippen molar-refractivity contribution in [1.82, 2.24) is 15.5 Å². The minimum atomic E-state index is -0.108. The van der Waals surface area contributed by atoms with Crippen molar-refractivity contribution in [3.63, 3.8) is 0 Å². The lowest BCUT2D eigenvalue weighted by Crippen LogP contribution is -2.43. The number of carbonyl (C=O) groups is 1. The molecule has 0 saturated heterocycles. The third kappa shape index (κ3) is 7.93. The lowest BCUT2D eigenvalue weighted by atomic mass is 10.2. The molecule has 0 saturated carbocycles. The van der Waals surface area contributed by atoms with E-state index in [2.05, 4.69) is 15.6 Å². The van der Waals surface area contributed by atoms with Crippen LogP contribution in [0.25, 0.3) is 0 Å². The third-order valence-electron chi connectivity index (χ3n) is 3.94. The number of amides is 1. The van der Waals surface area contributed by atoms with Gasteiger partial charge in [-0.25, -0.2) is 0 Å². The number of halogens is 2. The molecular weight excluding hydrogens is 491 g/mol. The maximum atomic E-state index is 12.1. The number of benzene rings is 2. The molecule has 2 N–H and O–H groups in total. The normalized spacial score (nSPS) is 10.6. The van der Waals surface area contributed by atoms with Gasteiger partial charge in [-0.3, -0.25) is 9.79 Å². The van der Waals surface area contributed by atoms with Gasteiger partial charge in [-0.05, 0) is 35.4 Å². The number of carbonyl (C=O) groups excluding carboxylic acids is 1. The standard InChI is InChI=1S/C20H25ClN4O2.HI/c1-22-20(25(2)14-16-5-4-6-17(21)11-16)24-13-19(26)23-12-15-7-9-18(27-3)10-8-15;/h4-11H,12-14H2,1-3H3,(H,22,24)(H,23,26);1H. The van der Waals surface area contributed by atoms with Crippen LogP contribution in [0.4, 0.5) is 0 Å². The van der Waals surface area contributed by atoms with Crippen molar-refractivity contribution in [2.75, 3.05) is 27.7 Å². The molecule has 0 heterocycles. The minimum absolute atomic E-state index is 0. The second-order valence-electron chi connectivity index (χ2n) is 6.01. The average molecular weight is 517 g/mol. The zero-order chi connectivity index (χ0) is 19.6. The molecule has 2 aromatic carbocycles. The van der Waals surface area contributed by atoms with E-state index in [1.165, 1.54) is 0 Å². The number of nitrogens with one attached hydrogen (secondary N) is 2. The molecule has 0 radical (unpaired) electrons. The van der Waals surface area contributed by atoms with Crippen molar-refractivity contribution in [3.8, 4) is 5.75 Å². The lowest BCUT2D eigenvalue weighted by Gasteiger charge is -2.22. The van der Waals surface area contributed by atoms with Gasteiger partial charge in [0.15, 0.2) is 5.96 Å². The molecule has 0 aromatic heterocycles.